The molecule has 0 saturated heterocycles. The normalized spacial score (nSPS) is 11.8. The van der Waals surface area contributed by atoms with Gasteiger partial charge in [0.15, 0.2) is 9.86 Å². The van der Waals surface area contributed by atoms with E-state index in [0.717, 1.165) is 15.7 Å². The van der Waals surface area contributed by atoms with Crippen molar-refractivity contribution in [2.75, 3.05) is 0 Å². The van der Waals surface area contributed by atoms with Gasteiger partial charge in [-0.2, -0.15) is 4.98 Å². The van der Waals surface area contributed by atoms with Crippen molar-refractivity contribution in [1.29, 1.82) is 0 Å². The smallest absolute Gasteiger partial charge is 0.281 e. The van der Waals surface area contributed by atoms with Crippen molar-refractivity contribution in [3.05, 3.63) is 52.3 Å². The molecule has 8 heteroatoms. The molecule has 0 aliphatic carbocycles. The number of rotatable bonds is 2. The Hall–Kier alpha value is -2.19. The van der Waals surface area contributed by atoms with Crippen molar-refractivity contribution in [1.82, 2.24) is 9.38 Å². The molecule has 0 aliphatic rings. The van der Waals surface area contributed by atoms with Crippen LogP contribution in [0.2, 0.25) is 0 Å². The minimum absolute atomic E-state index is 0.0654. The zero-order valence-corrected chi connectivity index (χ0v) is 11.6. The third kappa shape index (κ3) is 1.81. The Kier molecular flexibility index (Phi) is 2.84. The van der Waals surface area contributed by atoms with E-state index in [2.05, 4.69) is 4.98 Å². The minimum Gasteiger partial charge on any atom is -0.492 e. The molecule has 0 bridgehead atoms. The van der Waals surface area contributed by atoms with E-state index in [1.54, 1.807) is 11.4 Å². The second-order valence-electron chi connectivity index (χ2n) is 3.94. The molecule has 2 aromatic heterocycles. The van der Waals surface area contributed by atoms with Crippen LogP contribution in [0.5, 0.6) is 5.88 Å². The van der Waals surface area contributed by atoms with E-state index in [0.29, 0.717) is 0 Å². The first kappa shape index (κ1) is 12.8. The molecule has 3 aromatic rings. The lowest BCUT2D eigenvalue weighted by atomic mass is 10.4. The van der Waals surface area contributed by atoms with Gasteiger partial charge in [-0.1, -0.05) is 18.2 Å². The fourth-order valence-corrected chi connectivity index (χ4v) is 3.87. The number of thiazole rings is 1. The van der Waals surface area contributed by atoms with Gasteiger partial charge in [0, 0.05) is 11.6 Å². The van der Waals surface area contributed by atoms with Gasteiger partial charge in [0.1, 0.15) is 0 Å². The zero-order valence-electron chi connectivity index (χ0n) is 9.92. The van der Waals surface area contributed by atoms with E-state index in [1.807, 2.05) is 0 Å². The Balaban J connectivity index is 2.38. The maximum Gasteiger partial charge on any atom is 0.281 e. The van der Waals surface area contributed by atoms with Crippen LogP contribution in [-0.4, -0.2) is 22.9 Å². The maximum atomic E-state index is 12.4. The van der Waals surface area contributed by atoms with Gasteiger partial charge < -0.3 is 5.11 Å². The summed E-state index contributed by atoms with van der Waals surface area (Å²) in [6.07, 6.45) is 1.42. The van der Waals surface area contributed by atoms with Gasteiger partial charge in [-0.25, -0.2) is 8.42 Å². The van der Waals surface area contributed by atoms with Crippen molar-refractivity contribution in [2.45, 2.75) is 9.79 Å². The SMILES string of the molecule is O=c1c(S(=O)(=O)c2ccccc2)c(O)nc2sccn12. The molecule has 0 radical (unpaired) electrons. The molecule has 0 amide bonds. The van der Waals surface area contributed by atoms with E-state index in [-0.39, 0.29) is 9.86 Å². The quantitative estimate of drug-likeness (QED) is 0.770. The van der Waals surface area contributed by atoms with Gasteiger partial charge in [0.2, 0.25) is 15.7 Å². The third-order valence-electron chi connectivity index (χ3n) is 2.73. The summed E-state index contributed by atoms with van der Waals surface area (Å²) in [7, 11) is -4.11. The highest BCUT2D eigenvalue weighted by Crippen LogP contribution is 2.25. The number of hydrogen-bond acceptors (Lipinski definition) is 6. The number of nitrogens with zero attached hydrogens (tertiary/aromatic N) is 2. The van der Waals surface area contributed by atoms with Crippen molar-refractivity contribution >= 4 is 26.1 Å². The van der Waals surface area contributed by atoms with Crippen LogP contribution < -0.4 is 5.56 Å². The summed E-state index contributed by atoms with van der Waals surface area (Å²) < 4.78 is 26.0. The van der Waals surface area contributed by atoms with Crippen molar-refractivity contribution in [3.63, 3.8) is 0 Å². The Morgan fingerprint density at radius 1 is 1.20 bits per heavy atom. The van der Waals surface area contributed by atoms with E-state index in [4.69, 9.17) is 0 Å². The molecule has 0 unspecified atom stereocenters. The second-order valence-corrected chi connectivity index (χ2v) is 6.70. The average Bonchev–Trinajstić information content (AvgIpc) is 2.88. The number of sulfone groups is 1. The Labute approximate surface area is 117 Å². The predicted octanol–water partition coefficient (Wildman–Crippen LogP) is 1.29. The monoisotopic (exact) mass is 308 g/mol. The molecule has 2 heterocycles. The number of hydrogen-bond donors (Lipinski definition) is 1. The Morgan fingerprint density at radius 2 is 1.90 bits per heavy atom. The second kappa shape index (κ2) is 4.43. The molecule has 0 fully saturated rings. The summed E-state index contributed by atoms with van der Waals surface area (Å²) in [4.78, 5) is 15.4. The Bertz CT molecular complexity index is 942. The molecule has 0 spiro atoms. The maximum absolute atomic E-state index is 12.4. The van der Waals surface area contributed by atoms with Gasteiger partial charge in [-0.05, 0) is 12.1 Å². The van der Waals surface area contributed by atoms with E-state index < -0.39 is 26.2 Å². The molecule has 6 nitrogen and oxygen atoms in total. The van der Waals surface area contributed by atoms with Crippen molar-refractivity contribution in [2.24, 2.45) is 0 Å². The van der Waals surface area contributed by atoms with Crippen LogP contribution in [0.25, 0.3) is 4.96 Å². The summed E-state index contributed by atoms with van der Waals surface area (Å²) >= 11 is 1.13. The summed E-state index contributed by atoms with van der Waals surface area (Å²) in [6.45, 7) is 0. The molecule has 0 saturated carbocycles. The van der Waals surface area contributed by atoms with Crippen LogP contribution in [0.3, 0.4) is 0 Å². The van der Waals surface area contributed by atoms with Crippen LogP contribution in [0, 0.1) is 0 Å². The Morgan fingerprint density at radius 3 is 2.60 bits per heavy atom. The van der Waals surface area contributed by atoms with E-state index in [9.17, 15) is 18.3 Å². The first-order chi connectivity index (χ1) is 9.51. The van der Waals surface area contributed by atoms with Gasteiger partial charge in [0.05, 0.1) is 4.90 Å². The molecule has 0 aliphatic heterocycles. The summed E-state index contributed by atoms with van der Waals surface area (Å²) in [5, 5.41) is 11.4. The molecule has 1 N–H and O–H groups in total. The molecule has 1 aromatic carbocycles. The molecular formula is C12H8N2O4S2. The largest absolute Gasteiger partial charge is 0.492 e. The first-order valence-corrected chi connectivity index (χ1v) is 7.87. The van der Waals surface area contributed by atoms with Gasteiger partial charge in [0.25, 0.3) is 5.56 Å². The molecule has 3 rings (SSSR count). The standard InChI is InChI=1S/C12H8N2O4S2/c15-10-9(11(16)14-6-7-19-12(14)13-10)20(17,18)8-4-2-1-3-5-8/h1-7,15H. The van der Waals surface area contributed by atoms with E-state index >= 15 is 0 Å². The average molecular weight is 308 g/mol. The predicted molar refractivity (Wildman–Crippen MR) is 72.9 cm³/mol. The fraction of sp³-hybridized carbons (Fsp3) is 0. The summed E-state index contributed by atoms with van der Waals surface area (Å²) in [5.41, 5.74) is -0.808. The highest BCUT2D eigenvalue weighted by molar-refractivity contribution is 7.91. The van der Waals surface area contributed by atoms with Crippen LogP contribution in [0.1, 0.15) is 0 Å². The highest BCUT2D eigenvalue weighted by atomic mass is 32.2. The summed E-state index contributed by atoms with van der Waals surface area (Å²) in [5.74, 6) is -0.777. The lowest BCUT2D eigenvalue weighted by Gasteiger charge is -2.05. The van der Waals surface area contributed by atoms with Gasteiger partial charge in [-0.15, -0.1) is 11.3 Å². The van der Waals surface area contributed by atoms with Crippen molar-refractivity contribution in [3.8, 4) is 5.88 Å². The molecule has 20 heavy (non-hydrogen) atoms. The summed E-state index contributed by atoms with van der Waals surface area (Å²) in [6, 6.07) is 7.45. The zero-order chi connectivity index (χ0) is 14.3. The lowest BCUT2D eigenvalue weighted by Crippen LogP contribution is -2.22. The van der Waals surface area contributed by atoms with Crippen LogP contribution in [0.4, 0.5) is 0 Å². The molecule has 102 valence electrons. The van der Waals surface area contributed by atoms with Crippen LogP contribution in [-0.2, 0) is 9.84 Å². The number of aromatic nitrogens is 2. The van der Waals surface area contributed by atoms with Gasteiger partial charge >= 0.3 is 0 Å². The number of aromatic hydroxyl groups is 1. The van der Waals surface area contributed by atoms with E-state index in [1.165, 1.54) is 30.5 Å². The number of fused-ring (bicyclic) bond motifs is 1. The van der Waals surface area contributed by atoms with Crippen LogP contribution >= 0.6 is 11.3 Å². The van der Waals surface area contributed by atoms with Gasteiger partial charge in [-0.3, -0.25) is 9.20 Å². The van der Waals surface area contributed by atoms with Crippen molar-refractivity contribution < 1.29 is 13.5 Å². The lowest BCUT2D eigenvalue weighted by molar-refractivity contribution is 0.434. The minimum atomic E-state index is -4.11. The number of benzene rings is 1. The molecular weight excluding hydrogens is 300 g/mol. The highest BCUT2D eigenvalue weighted by Gasteiger charge is 2.27. The first-order valence-electron chi connectivity index (χ1n) is 5.51. The third-order valence-corrected chi connectivity index (χ3v) is 5.27. The topological polar surface area (TPSA) is 88.7 Å². The fourth-order valence-electron chi connectivity index (χ4n) is 1.81. The van der Waals surface area contributed by atoms with Crippen LogP contribution in [0.15, 0.2) is 56.5 Å². The molecule has 0 atom stereocenters.